The van der Waals surface area contributed by atoms with Gasteiger partial charge in [-0.05, 0) is 52.3 Å². The molecule has 0 aliphatic heterocycles. The molecule has 6 nitrogen and oxygen atoms in total. The zero-order chi connectivity index (χ0) is 17.7. The van der Waals surface area contributed by atoms with Gasteiger partial charge in [0.15, 0.2) is 9.84 Å². The van der Waals surface area contributed by atoms with E-state index in [0.29, 0.717) is 11.6 Å². The van der Waals surface area contributed by atoms with Crippen molar-refractivity contribution in [3.05, 3.63) is 47.1 Å². The molecule has 0 fully saturated rings. The second-order valence-corrected chi connectivity index (χ2v) is 8.16. The van der Waals surface area contributed by atoms with Crippen molar-refractivity contribution >= 4 is 37.5 Å². The molecular formula is C16H17BrN2O4S. The van der Waals surface area contributed by atoms with Gasteiger partial charge in [-0.2, -0.15) is 0 Å². The number of nitrogens with zero attached hydrogens (tertiary/aromatic N) is 1. The summed E-state index contributed by atoms with van der Waals surface area (Å²) in [5.41, 5.74) is 0. The molecule has 0 aliphatic rings. The molecule has 2 rings (SSSR count). The van der Waals surface area contributed by atoms with Crippen LogP contribution < -0.4 is 10.1 Å². The highest BCUT2D eigenvalue weighted by Gasteiger charge is 2.23. The molecule has 0 radical (unpaired) electrons. The molecule has 0 saturated heterocycles. The van der Waals surface area contributed by atoms with E-state index in [1.165, 1.54) is 19.2 Å². The third-order valence-electron chi connectivity index (χ3n) is 3.31. The molecule has 1 atom stereocenters. The highest BCUT2D eigenvalue weighted by molar-refractivity contribution is 9.10. The standard InChI is InChI=1S/C16H17BrN2O4S/c1-11(16(20)19-15-8-3-12(17)9-18-15)10-24(21,22)14-6-4-13(23-2)5-7-14/h3-9,11H,10H2,1-2H3,(H,18,19,20). The Hall–Kier alpha value is -1.93. The molecule has 1 unspecified atom stereocenters. The number of carbonyl (C=O) groups is 1. The van der Waals surface area contributed by atoms with E-state index in [1.807, 2.05) is 0 Å². The minimum absolute atomic E-state index is 0.157. The summed E-state index contributed by atoms with van der Waals surface area (Å²) < 4.78 is 30.6. The van der Waals surface area contributed by atoms with Gasteiger partial charge in [0.2, 0.25) is 5.91 Å². The van der Waals surface area contributed by atoms with E-state index < -0.39 is 21.7 Å². The van der Waals surface area contributed by atoms with Crippen molar-refractivity contribution in [2.24, 2.45) is 5.92 Å². The SMILES string of the molecule is COc1ccc(S(=O)(=O)CC(C)C(=O)Nc2ccc(Br)cn2)cc1. The molecule has 1 aromatic carbocycles. The van der Waals surface area contributed by atoms with Crippen molar-refractivity contribution < 1.29 is 17.9 Å². The summed E-state index contributed by atoms with van der Waals surface area (Å²) in [5.74, 6) is -0.468. The number of amides is 1. The number of ether oxygens (including phenoxy) is 1. The summed E-state index contributed by atoms with van der Waals surface area (Å²) in [4.78, 5) is 16.3. The lowest BCUT2D eigenvalue weighted by molar-refractivity contribution is -0.118. The van der Waals surface area contributed by atoms with E-state index in [9.17, 15) is 13.2 Å². The number of hydrogen-bond acceptors (Lipinski definition) is 5. The Balaban J connectivity index is 2.04. The van der Waals surface area contributed by atoms with Crippen LogP contribution in [-0.4, -0.2) is 32.2 Å². The quantitative estimate of drug-likeness (QED) is 0.787. The molecule has 1 aromatic heterocycles. The van der Waals surface area contributed by atoms with E-state index in [1.54, 1.807) is 37.4 Å². The monoisotopic (exact) mass is 412 g/mol. The van der Waals surface area contributed by atoms with E-state index in [0.717, 1.165) is 4.47 Å². The van der Waals surface area contributed by atoms with Gasteiger partial charge in [-0.3, -0.25) is 4.79 Å². The van der Waals surface area contributed by atoms with Crippen LogP contribution in [0.5, 0.6) is 5.75 Å². The highest BCUT2D eigenvalue weighted by atomic mass is 79.9. The van der Waals surface area contributed by atoms with Crippen LogP contribution in [0.1, 0.15) is 6.92 Å². The van der Waals surface area contributed by atoms with Crippen LogP contribution in [0, 0.1) is 5.92 Å². The van der Waals surface area contributed by atoms with Gasteiger partial charge in [0.1, 0.15) is 11.6 Å². The zero-order valence-corrected chi connectivity index (χ0v) is 15.6. The molecule has 8 heteroatoms. The van der Waals surface area contributed by atoms with E-state index in [-0.39, 0.29) is 10.6 Å². The molecule has 0 saturated carbocycles. The van der Waals surface area contributed by atoms with Crippen LogP contribution >= 0.6 is 15.9 Å². The largest absolute Gasteiger partial charge is 0.497 e. The molecule has 0 aliphatic carbocycles. The maximum Gasteiger partial charge on any atom is 0.229 e. The van der Waals surface area contributed by atoms with Crippen LogP contribution in [0.2, 0.25) is 0 Å². The first-order valence-corrected chi connectivity index (χ1v) is 9.55. The fourth-order valence-electron chi connectivity index (χ4n) is 1.98. The maximum atomic E-state index is 12.4. The maximum absolute atomic E-state index is 12.4. The van der Waals surface area contributed by atoms with E-state index >= 15 is 0 Å². The van der Waals surface area contributed by atoms with Crippen LogP contribution in [0.3, 0.4) is 0 Å². The molecule has 1 heterocycles. The minimum atomic E-state index is -3.57. The van der Waals surface area contributed by atoms with Gasteiger partial charge in [0.05, 0.1) is 17.8 Å². The average molecular weight is 413 g/mol. The molecule has 2 aromatic rings. The summed E-state index contributed by atoms with van der Waals surface area (Å²) in [6.07, 6.45) is 1.55. The van der Waals surface area contributed by atoms with Gasteiger partial charge in [-0.25, -0.2) is 13.4 Å². The van der Waals surface area contributed by atoms with Crippen molar-refractivity contribution in [1.82, 2.24) is 4.98 Å². The van der Waals surface area contributed by atoms with Gasteiger partial charge < -0.3 is 10.1 Å². The summed E-state index contributed by atoms with van der Waals surface area (Å²) >= 11 is 3.25. The lowest BCUT2D eigenvalue weighted by Crippen LogP contribution is -2.27. The zero-order valence-electron chi connectivity index (χ0n) is 13.2. The van der Waals surface area contributed by atoms with Crippen molar-refractivity contribution in [2.45, 2.75) is 11.8 Å². The van der Waals surface area contributed by atoms with Gasteiger partial charge in [-0.1, -0.05) is 6.92 Å². The fourth-order valence-corrected chi connectivity index (χ4v) is 3.77. The van der Waals surface area contributed by atoms with Gasteiger partial charge >= 0.3 is 0 Å². The number of sulfone groups is 1. The highest BCUT2D eigenvalue weighted by Crippen LogP contribution is 2.19. The third kappa shape index (κ3) is 4.78. The summed E-state index contributed by atoms with van der Waals surface area (Å²) in [7, 11) is -2.07. The Bertz CT molecular complexity index is 805. The summed E-state index contributed by atoms with van der Waals surface area (Å²) in [5, 5.41) is 2.61. The number of halogens is 1. The van der Waals surface area contributed by atoms with Crippen molar-refractivity contribution in [3.8, 4) is 5.75 Å². The number of carbonyl (C=O) groups excluding carboxylic acids is 1. The number of hydrogen-bond donors (Lipinski definition) is 1. The average Bonchev–Trinajstić information content (AvgIpc) is 2.56. The number of rotatable bonds is 6. The van der Waals surface area contributed by atoms with Crippen molar-refractivity contribution in [3.63, 3.8) is 0 Å². The Labute approximate surface area is 149 Å². The fraction of sp³-hybridized carbons (Fsp3) is 0.250. The van der Waals surface area contributed by atoms with E-state index in [4.69, 9.17) is 4.74 Å². The van der Waals surface area contributed by atoms with Crippen LogP contribution in [0.15, 0.2) is 52.0 Å². The topological polar surface area (TPSA) is 85.4 Å². The van der Waals surface area contributed by atoms with Crippen molar-refractivity contribution in [2.75, 3.05) is 18.2 Å². The van der Waals surface area contributed by atoms with Crippen LogP contribution in [0.25, 0.3) is 0 Å². The Kier molecular flexibility index (Phi) is 5.95. The molecule has 0 spiro atoms. The lowest BCUT2D eigenvalue weighted by atomic mass is 10.2. The molecular weight excluding hydrogens is 396 g/mol. The number of methoxy groups -OCH3 is 1. The van der Waals surface area contributed by atoms with Crippen LogP contribution in [0.4, 0.5) is 5.82 Å². The second kappa shape index (κ2) is 7.76. The predicted molar refractivity (Wildman–Crippen MR) is 94.8 cm³/mol. The number of nitrogens with one attached hydrogen (secondary N) is 1. The third-order valence-corrected chi connectivity index (χ3v) is 5.71. The Morgan fingerprint density at radius 1 is 1.25 bits per heavy atom. The number of benzene rings is 1. The smallest absolute Gasteiger partial charge is 0.229 e. The number of anilines is 1. The van der Waals surface area contributed by atoms with Gasteiger partial charge in [0.25, 0.3) is 0 Å². The Morgan fingerprint density at radius 2 is 1.92 bits per heavy atom. The van der Waals surface area contributed by atoms with Gasteiger partial charge in [-0.15, -0.1) is 0 Å². The first-order chi connectivity index (χ1) is 11.3. The summed E-state index contributed by atoms with van der Waals surface area (Å²) in [6.45, 7) is 1.56. The molecule has 1 amide bonds. The number of pyridine rings is 1. The van der Waals surface area contributed by atoms with Crippen LogP contribution in [-0.2, 0) is 14.6 Å². The van der Waals surface area contributed by atoms with Crippen molar-refractivity contribution in [1.29, 1.82) is 0 Å². The lowest BCUT2D eigenvalue weighted by Gasteiger charge is -2.12. The Morgan fingerprint density at radius 3 is 2.46 bits per heavy atom. The second-order valence-electron chi connectivity index (χ2n) is 5.21. The molecule has 0 bridgehead atoms. The molecule has 24 heavy (non-hydrogen) atoms. The van der Waals surface area contributed by atoms with E-state index in [2.05, 4.69) is 26.2 Å². The summed E-state index contributed by atoms with van der Waals surface area (Å²) in [6, 6.07) is 9.45. The molecule has 1 N–H and O–H groups in total. The first kappa shape index (κ1) is 18.4. The van der Waals surface area contributed by atoms with Gasteiger partial charge in [0, 0.05) is 16.6 Å². The minimum Gasteiger partial charge on any atom is -0.497 e. The first-order valence-electron chi connectivity index (χ1n) is 7.11. The normalized spacial score (nSPS) is 12.5. The molecule has 128 valence electrons. The predicted octanol–water partition coefficient (Wildman–Crippen LogP) is 2.90. The number of aromatic nitrogens is 1.